The van der Waals surface area contributed by atoms with E-state index in [1.54, 1.807) is 56.3 Å². The molecule has 0 heterocycles. The molecule has 0 unspecified atom stereocenters. The lowest BCUT2D eigenvalue weighted by Crippen LogP contribution is -2.60. The fraction of sp³-hybridized carbons (Fsp3) is 0.410. The highest BCUT2D eigenvalue weighted by Crippen LogP contribution is 2.12. The van der Waals surface area contributed by atoms with Crippen molar-refractivity contribution in [3.8, 4) is 5.75 Å². The van der Waals surface area contributed by atoms with Crippen molar-refractivity contribution in [1.29, 1.82) is 0 Å². The number of aliphatic hydroxyl groups excluding tert-OH is 2. The largest absolute Gasteiger partial charge is 0.508 e. The number of nitrogens with two attached hydrogens (primary N) is 1. The van der Waals surface area contributed by atoms with E-state index in [0.29, 0.717) is 23.3 Å². The monoisotopic (exact) mass is 840 g/mol. The number of hydrogen-bond donors (Lipinski definition) is 12. The van der Waals surface area contributed by atoms with Crippen LogP contribution in [0, 0.1) is 5.92 Å². The molecule has 6 atom stereocenters. The molecule has 60 heavy (non-hydrogen) atoms. The number of carboxylic acids is 1. The summed E-state index contributed by atoms with van der Waals surface area (Å²) in [6.07, 6.45) is -0.411. The van der Waals surface area contributed by atoms with Crippen LogP contribution in [0.25, 0.3) is 0 Å². The Kier molecular flexibility index (Phi) is 20.5. The van der Waals surface area contributed by atoms with Crippen LogP contribution >= 0.6 is 0 Å². The minimum Gasteiger partial charge on any atom is -0.508 e. The fourth-order valence-corrected chi connectivity index (χ4v) is 5.31. The molecule has 13 N–H and O–H groups in total. The van der Waals surface area contributed by atoms with Crippen molar-refractivity contribution >= 4 is 53.2 Å². The zero-order valence-corrected chi connectivity index (χ0v) is 33.2. The lowest BCUT2D eigenvalue weighted by Gasteiger charge is -2.27. The Morgan fingerprint density at radius 1 is 0.650 bits per heavy atom. The third-order valence-corrected chi connectivity index (χ3v) is 8.37. The van der Waals surface area contributed by atoms with Crippen LogP contribution in [0.4, 0.5) is 0 Å². The van der Waals surface area contributed by atoms with E-state index in [1.807, 2.05) is 5.32 Å². The molecule has 8 amide bonds. The highest BCUT2D eigenvalue weighted by Gasteiger charge is 2.33. The zero-order valence-electron chi connectivity index (χ0n) is 33.2. The number of rotatable bonds is 23. The first-order valence-electron chi connectivity index (χ1n) is 18.7. The summed E-state index contributed by atoms with van der Waals surface area (Å²) >= 11 is 0. The first-order chi connectivity index (χ1) is 28.3. The first-order valence-corrected chi connectivity index (χ1v) is 18.7. The van der Waals surface area contributed by atoms with Gasteiger partial charge in [0.15, 0.2) is 0 Å². The number of benzene rings is 2. The molecule has 0 saturated heterocycles. The van der Waals surface area contributed by atoms with Crippen LogP contribution in [-0.4, -0.2) is 130 Å². The molecule has 0 fully saturated rings. The van der Waals surface area contributed by atoms with Crippen LogP contribution in [0.3, 0.4) is 0 Å². The Balaban J connectivity index is 2.12. The van der Waals surface area contributed by atoms with E-state index in [0.717, 1.165) is 6.92 Å². The normalized spacial score (nSPS) is 14.0. The topological polar surface area (TPSA) is 345 Å². The van der Waals surface area contributed by atoms with Gasteiger partial charge in [-0.3, -0.25) is 43.7 Å². The van der Waals surface area contributed by atoms with Crippen molar-refractivity contribution in [3.63, 3.8) is 0 Å². The van der Waals surface area contributed by atoms with Gasteiger partial charge >= 0.3 is 5.97 Å². The predicted octanol–water partition coefficient (Wildman–Crippen LogP) is -3.62. The number of aromatic hydroxyl groups is 1. The van der Waals surface area contributed by atoms with E-state index < -0.39 is 109 Å². The smallest absolute Gasteiger partial charge is 0.328 e. The summed E-state index contributed by atoms with van der Waals surface area (Å²) in [5.41, 5.74) is 7.18. The van der Waals surface area contributed by atoms with Crippen molar-refractivity contribution < 1.29 is 63.6 Å². The lowest BCUT2D eigenvalue weighted by molar-refractivity contribution is -0.137. The Bertz CT molecular complexity index is 1860. The molecule has 2 aromatic rings. The Morgan fingerprint density at radius 3 is 1.82 bits per heavy atom. The number of carboxylic acid groups (broad SMARTS) is 1. The molecule has 0 aliphatic heterocycles. The summed E-state index contributed by atoms with van der Waals surface area (Å²) in [6.45, 7) is 2.33. The number of imide groups is 1. The van der Waals surface area contributed by atoms with Crippen LogP contribution in [0.5, 0.6) is 5.75 Å². The van der Waals surface area contributed by atoms with Gasteiger partial charge in [-0.25, -0.2) is 4.79 Å². The van der Waals surface area contributed by atoms with Gasteiger partial charge in [-0.15, -0.1) is 0 Å². The maximum Gasteiger partial charge on any atom is 0.328 e. The molecule has 0 saturated carbocycles. The summed E-state index contributed by atoms with van der Waals surface area (Å²) in [4.78, 5) is 113. The van der Waals surface area contributed by atoms with Crippen molar-refractivity contribution in [3.05, 3.63) is 77.9 Å². The summed E-state index contributed by atoms with van der Waals surface area (Å²) in [5, 5.41) is 54.1. The SMILES string of the molecule is CC(C)C[C@H](NC(=O)[C@H](Cc1ccccc1)NC(=O)CNC(=O)[C@@H](CO)NC(=O)[C@@H](N)Cc1ccc(O)cc1)C(=O)N[C@H](C(=O)NC(=O)CNC(=O)/C=C\C(=O)O)[C@@H](C)O. The number of phenolic OH excluding ortho intramolecular Hbond substituents is 1. The van der Waals surface area contributed by atoms with Crippen molar-refractivity contribution in [1.82, 2.24) is 37.2 Å². The molecular formula is C39H52N8O13. The van der Waals surface area contributed by atoms with Gasteiger partial charge in [-0.2, -0.15) is 0 Å². The van der Waals surface area contributed by atoms with E-state index >= 15 is 0 Å². The van der Waals surface area contributed by atoms with E-state index in [-0.39, 0.29) is 30.9 Å². The molecule has 0 spiro atoms. The molecule has 326 valence electrons. The van der Waals surface area contributed by atoms with Crippen LogP contribution in [0.15, 0.2) is 66.7 Å². The van der Waals surface area contributed by atoms with Gasteiger partial charge in [-0.05, 0) is 48.9 Å². The average Bonchev–Trinajstić information content (AvgIpc) is 3.19. The van der Waals surface area contributed by atoms with E-state index in [4.69, 9.17) is 10.8 Å². The maximum atomic E-state index is 13.8. The van der Waals surface area contributed by atoms with E-state index in [1.165, 1.54) is 12.1 Å². The molecule has 21 heteroatoms. The van der Waals surface area contributed by atoms with Crippen LogP contribution < -0.4 is 43.0 Å². The second-order valence-electron chi connectivity index (χ2n) is 14.0. The summed E-state index contributed by atoms with van der Waals surface area (Å²) < 4.78 is 0. The second kappa shape index (κ2) is 24.9. The van der Waals surface area contributed by atoms with Crippen molar-refractivity contribution in [2.75, 3.05) is 19.7 Å². The summed E-state index contributed by atoms with van der Waals surface area (Å²) in [5.74, 6) is -9.12. The number of carbonyl (C=O) groups excluding carboxylic acids is 8. The molecule has 21 nitrogen and oxygen atoms in total. The van der Waals surface area contributed by atoms with Crippen molar-refractivity contribution in [2.45, 2.75) is 76.3 Å². The Labute approximate surface area is 344 Å². The predicted molar refractivity (Wildman–Crippen MR) is 212 cm³/mol. The van der Waals surface area contributed by atoms with Gasteiger partial charge in [-0.1, -0.05) is 56.3 Å². The highest BCUT2D eigenvalue weighted by molar-refractivity contribution is 6.03. The number of carbonyl (C=O) groups is 9. The summed E-state index contributed by atoms with van der Waals surface area (Å²) in [6, 6.07) is 7.41. The van der Waals surface area contributed by atoms with Crippen molar-refractivity contribution in [2.24, 2.45) is 11.7 Å². The fourth-order valence-electron chi connectivity index (χ4n) is 5.31. The summed E-state index contributed by atoms with van der Waals surface area (Å²) in [7, 11) is 0. The number of hydrogen-bond acceptors (Lipinski definition) is 13. The van der Waals surface area contributed by atoms with Gasteiger partial charge in [0.1, 0.15) is 29.9 Å². The first kappa shape index (κ1) is 49.4. The van der Waals surface area contributed by atoms with Gasteiger partial charge in [0.25, 0.3) is 5.91 Å². The third-order valence-electron chi connectivity index (χ3n) is 8.37. The lowest BCUT2D eigenvalue weighted by atomic mass is 10.0. The van der Waals surface area contributed by atoms with Gasteiger partial charge in [0.2, 0.25) is 41.4 Å². The molecule has 2 aromatic carbocycles. The number of nitrogens with one attached hydrogen (secondary N) is 7. The molecule has 0 aliphatic carbocycles. The van der Waals surface area contributed by atoms with Crippen LogP contribution in [-0.2, 0) is 56.0 Å². The van der Waals surface area contributed by atoms with Gasteiger partial charge in [0.05, 0.1) is 31.8 Å². The maximum absolute atomic E-state index is 13.8. The molecule has 0 aliphatic rings. The standard InChI is InChI=1S/C39H52N8O13/c1-21(2)15-27(38(59)47-34(22(3)49)39(60)46-32(53)18-41-30(51)13-14-33(54)55)44-37(58)28(17-23-7-5-4-6-8-23)43-31(52)19-42-36(57)29(20-48)45-35(56)26(40)16-24-9-11-25(50)12-10-24/h4-14,21-22,26-29,34,48-50H,15-20,40H2,1-3H3,(H,41,51)(H,42,57)(H,43,52)(H,44,58)(H,45,56)(H,47,59)(H,54,55)(H,46,53,60)/b14-13-/t22-,26+,27+,28+,29-,34+/m1/s1. The number of aliphatic carboxylic acids is 1. The number of aliphatic hydroxyl groups is 2. The minimum atomic E-state index is -1.72. The second-order valence-corrected chi connectivity index (χ2v) is 14.0. The zero-order chi connectivity index (χ0) is 44.9. The minimum absolute atomic E-state index is 0.00940. The molecule has 0 radical (unpaired) electrons. The van der Waals surface area contributed by atoms with Gasteiger partial charge in [0, 0.05) is 18.6 Å². The molecule has 0 aromatic heterocycles. The molecule has 2 rings (SSSR count). The van der Waals surface area contributed by atoms with Crippen LogP contribution in [0.1, 0.15) is 38.3 Å². The van der Waals surface area contributed by atoms with E-state index in [9.17, 15) is 58.5 Å². The quantitative estimate of drug-likeness (QED) is 0.0481. The van der Waals surface area contributed by atoms with Gasteiger partial charge < -0.3 is 58.1 Å². The number of amides is 8. The van der Waals surface area contributed by atoms with E-state index in [2.05, 4.69) is 31.9 Å². The molecule has 0 bridgehead atoms. The Morgan fingerprint density at radius 2 is 1.23 bits per heavy atom. The molecular weight excluding hydrogens is 788 g/mol. The number of phenols is 1. The van der Waals surface area contributed by atoms with Crippen LogP contribution in [0.2, 0.25) is 0 Å². The highest BCUT2D eigenvalue weighted by atomic mass is 16.4. The average molecular weight is 841 g/mol. The third kappa shape index (κ3) is 18.3. The Hall–Kier alpha value is -6.71.